The van der Waals surface area contributed by atoms with Gasteiger partial charge in [0.1, 0.15) is 0 Å². The number of halogens is 17. The molecule has 1 aliphatic heterocycles. The lowest BCUT2D eigenvalue weighted by atomic mass is 9.85. The Bertz CT molecular complexity index is 970. The van der Waals surface area contributed by atoms with Gasteiger partial charge in [-0.05, 0) is 12.0 Å². The summed E-state index contributed by atoms with van der Waals surface area (Å²) in [6.45, 7) is -2.43. The molecule has 0 aromatic heterocycles. The van der Waals surface area contributed by atoms with Gasteiger partial charge in [0.05, 0.1) is 19.3 Å². The third-order valence-corrected chi connectivity index (χ3v) is 5.92. The fraction of sp³-hybridized carbons (Fsp3) is 0.700. The van der Waals surface area contributed by atoms with Crippen LogP contribution >= 0.6 is 0 Å². The lowest BCUT2D eigenvalue weighted by molar-refractivity contribution is -0.463. The van der Waals surface area contributed by atoms with E-state index in [4.69, 9.17) is 4.74 Å². The van der Waals surface area contributed by atoms with Crippen molar-refractivity contribution in [2.75, 3.05) is 26.3 Å². The van der Waals surface area contributed by atoms with E-state index in [1.807, 2.05) is 0 Å². The van der Waals surface area contributed by atoms with E-state index in [2.05, 4.69) is 0 Å². The van der Waals surface area contributed by atoms with Gasteiger partial charge in [-0.2, -0.15) is 74.6 Å². The first-order valence-electron chi connectivity index (χ1n) is 10.4. The van der Waals surface area contributed by atoms with Gasteiger partial charge in [0, 0.05) is 13.1 Å². The van der Waals surface area contributed by atoms with Crippen molar-refractivity contribution in [2.45, 2.75) is 60.1 Å². The zero-order valence-corrected chi connectivity index (χ0v) is 18.8. The highest BCUT2D eigenvalue weighted by Crippen LogP contribution is 2.64. The second kappa shape index (κ2) is 10.1. The molecule has 226 valence electrons. The van der Waals surface area contributed by atoms with Crippen LogP contribution in [-0.2, 0) is 11.2 Å². The number of morpholine rings is 1. The van der Waals surface area contributed by atoms with Crippen molar-refractivity contribution in [1.82, 2.24) is 4.90 Å². The molecule has 1 saturated heterocycles. The molecule has 19 heteroatoms. The van der Waals surface area contributed by atoms with Crippen LogP contribution in [0.3, 0.4) is 0 Å². The Morgan fingerprint density at radius 3 is 1.36 bits per heavy atom. The lowest BCUT2D eigenvalue weighted by Crippen LogP contribution is -2.76. The van der Waals surface area contributed by atoms with Crippen LogP contribution in [0.1, 0.15) is 5.56 Å². The number of ether oxygens (including phenoxy) is 1. The topological polar surface area (TPSA) is 12.5 Å². The molecular formula is C20H16F17NO. The van der Waals surface area contributed by atoms with Crippen LogP contribution in [0, 0.1) is 0 Å². The van der Waals surface area contributed by atoms with Crippen LogP contribution < -0.4 is 0 Å². The molecule has 0 spiro atoms. The van der Waals surface area contributed by atoms with Crippen LogP contribution in [0.2, 0.25) is 0 Å². The van der Waals surface area contributed by atoms with E-state index >= 15 is 8.78 Å². The molecule has 0 bridgehead atoms. The summed E-state index contributed by atoms with van der Waals surface area (Å²) in [4.78, 5) is 0.323. The second-order valence-corrected chi connectivity index (χ2v) is 8.42. The summed E-state index contributed by atoms with van der Waals surface area (Å²) >= 11 is 0. The summed E-state index contributed by atoms with van der Waals surface area (Å²) in [7, 11) is 0. The molecule has 1 unspecified atom stereocenters. The summed E-state index contributed by atoms with van der Waals surface area (Å²) < 4.78 is 238. The van der Waals surface area contributed by atoms with Gasteiger partial charge < -0.3 is 4.74 Å². The van der Waals surface area contributed by atoms with Crippen LogP contribution in [0.5, 0.6) is 0 Å². The van der Waals surface area contributed by atoms with Crippen LogP contribution in [0.4, 0.5) is 74.6 Å². The molecule has 0 saturated carbocycles. The van der Waals surface area contributed by atoms with Crippen molar-refractivity contribution in [3.05, 3.63) is 35.9 Å². The third-order valence-electron chi connectivity index (χ3n) is 5.92. The molecule has 1 fully saturated rings. The molecular weight excluding hydrogens is 593 g/mol. The number of alkyl halides is 17. The average molecular weight is 609 g/mol. The van der Waals surface area contributed by atoms with Gasteiger partial charge in [0.15, 0.2) is 0 Å². The maximum Gasteiger partial charge on any atom is 0.460 e. The van der Waals surface area contributed by atoms with E-state index in [9.17, 15) is 65.9 Å². The number of nitrogens with zero attached hydrogens (tertiary/aromatic N) is 1. The molecule has 1 aliphatic rings. The Morgan fingerprint density at radius 2 is 0.949 bits per heavy atom. The number of hydrogen-bond donors (Lipinski definition) is 0. The predicted octanol–water partition coefficient (Wildman–Crippen LogP) is 6.94. The van der Waals surface area contributed by atoms with E-state index in [-0.39, 0.29) is 5.56 Å². The highest BCUT2D eigenvalue weighted by atomic mass is 19.4. The van der Waals surface area contributed by atoms with Gasteiger partial charge in [0.2, 0.25) is 0 Å². The first-order chi connectivity index (χ1) is 17.3. The molecule has 2 rings (SSSR count). The molecule has 39 heavy (non-hydrogen) atoms. The number of hydrogen-bond acceptors (Lipinski definition) is 2. The minimum atomic E-state index is -8.64. The van der Waals surface area contributed by atoms with Gasteiger partial charge in [0.25, 0.3) is 0 Å². The van der Waals surface area contributed by atoms with E-state index in [1.54, 1.807) is 0 Å². The molecule has 0 N–H and O–H groups in total. The maximum atomic E-state index is 15.1. The summed E-state index contributed by atoms with van der Waals surface area (Å²) in [5.74, 6) is -56.5. The second-order valence-electron chi connectivity index (χ2n) is 8.42. The van der Waals surface area contributed by atoms with E-state index in [1.165, 1.54) is 6.07 Å². The summed E-state index contributed by atoms with van der Waals surface area (Å²) in [5.41, 5.74) is -0.304. The Morgan fingerprint density at radius 1 is 0.564 bits per heavy atom. The van der Waals surface area contributed by atoms with E-state index in [0.29, 0.717) is 4.90 Å². The fourth-order valence-corrected chi connectivity index (χ4v) is 3.60. The SMILES string of the molecule is FC(F)(F)C(F)(F)C(F)(F)C(F)(F)C(F)(F)C(F)(F)C(F)(F)C(F)(F)C(Cc1ccccc1)N1CCOCC1. The van der Waals surface area contributed by atoms with Crippen LogP contribution in [0.25, 0.3) is 0 Å². The summed E-state index contributed by atoms with van der Waals surface area (Å²) in [5, 5.41) is 0. The van der Waals surface area contributed by atoms with Gasteiger partial charge in [-0.15, -0.1) is 0 Å². The van der Waals surface area contributed by atoms with Crippen molar-refractivity contribution >= 4 is 0 Å². The molecule has 2 nitrogen and oxygen atoms in total. The Hall–Kier alpha value is -2.05. The van der Waals surface area contributed by atoms with Gasteiger partial charge in [-0.25, -0.2) is 0 Å². The summed E-state index contributed by atoms with van der Waals surface area (Å²) in [6.07, 6.45) is -9.13. The van der Waals surface area contributed by atoms with E-state index < -0.39 is 86.4 Å². The van der Waals surface area contributed by atoms with Crippen molar-refractivity contribution in [3.63, 3.8) is 0 Å². The number of rotatable bonds is 10. The van der Waals surface area contributed by atoms with Gasteiger partial charge >= 0.3 is 47.6 Å². The highest BCUT2D eigenvalue weighted by molar-refractivity contribution is 5.20. The van der Waals surface area contributed by atoms with Crippen LogP contribution in [0.15, 0.2) is 30.3 Å². The van der Waals surface area contributed by atoms with Crippen molar-refractivity contribution in [2.24, 2.45) is 0 Å². The minimum absolute atomic E-state index is 0.304. The lowest BCUT2D eigenvalue weighted by Gasteiger charge is -2.46. The highest BCUT2D eigenvalue weighted by Gasteiger charge is 2.95. The first kappa shape index (κ1) is 33.2. The monoisotopic (exact) mass is 609 g/mol. The zero-order valence-electron chi connectivity index (χ0n) is 18.8. The molecule has 0 amide bonds. The third kappa shape index (κ3) is 5.01. The van der Waals surface area contributed by atoms with E-state index in [0.717, 1.165) is 24.3 Å². The first-order valence-corrected chi connectivity index (χ1v) is 10.4. The molecule has 1 heterocycles. The molecule has 1 aromatic rings. The predicted molar refractivity (Wildman–Crippen MR) is 97.0 cm³/mol. The maximum absolute atomic E-state index is 15.1. The zero-order chi connectivity index (χ0) is 30.5. The largest absolute Gasteiger partial charge is 0.460 e. The van der Waals surface area contributed by atoms with Crippen LogP contribution in [-0.4, -0.2) is 84.9 Å². The minimum Gasteiger partial charge on any atom is -0.379 e. The Balaban J connectivity index is 2.64. The average Bonchev–Trinajstić information content (AvgIpc) is 2.82. The standard InChI is InChI=1S/C20H16F17NO/c21-13(22,12(38-6-8-39-9-7-38)10-11-4-2-1-3-5-11)14(23,24)15(25,26)16(27,28)17(29,30)18(31,32)19(33,34)20(35,36)37/h1-5,12H,6-10H2. The van der Waals surface area contributed by atoms with Crippen molar-refractivity contribution in [1.29, 1.82) is 0 Å². The molecule has 1 aromatic carbocycles. The quantitative estimate of drug-likeness (QED) is 0.267. The number of benzene rings is 1. The normalized spacial score (nSPS) is 18.8. The Labute approximate surface area is 207 Å². The molecule has 1 atom stereocenters. The van der Waals surface area contributed by atoms with Gasteiger partial charge in [-0.1, -0.05) is 30.3 Å². The van der Waals surface area contributed by atoms with Crippen molar-refractivity contribution < 1.29 is 79.4 Å². The molecule has 0 radical (unpaired) electrons. The van der Waals surface area contributed by atoms with Crippen molar-refractivity contribution in [3.8, 4) is 0 Å². The smallest absolute Gasteiger partial charge is 0.379 e. The Kier molecular flexibility index (Phi) is 8.58. The summed E-state index contributed by atoms with van der Waals surface area (Å²) in [6, 6.07) is 2.33. The van der Waals surface area contributed by atoms with Gasteiger partial charge in [-0.3, -0.25) is 4.90 Å². The fourth-order valence-electron chi connectivity index (χ4n) is 3.60. The molecule has 0 aliphatic carbocycles.